The minimum atomic E-state index is 0.645. The second-order valence-corrected chi connectivity index (χ2v) is 5.19. The Morgan fingerprint density at radius 3 is 2.85 bits per heavy atom. The lowest BCUT2D eigenvalue weighted by molar-refractivity contribution is 0.756. The van der Waals surface area contributed by atoms with Crippen molar-refractivity contribution in [2.45, 2.75) is 26.7 Å². The number of nitrogen functional groups attached to an aromatic ring is 1. The number of nitrogens with one attached hydrogen (secondary N) is 1. The molecule has 1 aliphatic heterocycles. The molecular weight excluding hydrogens is 250 g/mol. The standard InChI is InChI=1S/C15H19N5/c1-10-5-6-13-12(8-10)4-3-7-20(13)15-9-14(19-16)17-11(2)18-15/h5-6,8-9H,3-4,7,16H2,1-2H3,(H,17,18,19). The molecule has 1 aromatic carbocycles. The third-order valence-electron chi connectivity index (χ3n) is 3.60. The van der Waals surface area contributed by atoms with Crippen LogP contribution in [0.15, 0.2) is 24.3 Å². The molecule has 0 radical (unpaired) electrons. The van der Waals surface area contributed by atoms with Gasteiger partial charge >= 0.3 is 0 Å². The van der Waals surface area contributed by atoms with Crippen molar-refractivity contribution in [3.8, 4) is 0 Å². The maximum absolute atomic E-state index is 5.47. The lowest BCUT2D eigenvalue weighted by atomic mass is 9.99. The van der Waals surface area contributed by atoms with Crippen molar-refractivity contribution in [2.75, 3.05) is 16.9 Å². The van der Waals surface area contributed by atoms with Gasteiger partial charge < -0.3 is 10.3 Å². The molecule has 20 heavy (non-hydrogen) atoms. The van der Waals surface area contributed by atoms with Gasteiger partial charge in [-0.3, -0.25) is 0 Å². The van der Waals surface area contributed by atoms with Crippen LogP contribution in [0.5, 0.6) is 0 Å². The number of fused-ring (bicyclic) bond motifs is 1. The molecule has 1 aromatic heterocycles. The summed E-state index contributed by atoms with van der Waals surface area (Å²) in [5, 5.41) is 0. The van der Waals surface area contributed by atoms with Crippen LogP contribution in [0.3, 0.4) is 0 Å². The van der Waals surface area contributed by atoms with Crippen LogP contribution in [-0.4, -0.2) is 16.5 Å². The summed E-state index contributed by atoms with van der Waals surface area (Å²) in [5.41, 5.74) is 6.53. The maximum atomic E-state index is 5.47. The summed E-state index contributed by atoms with van der Waals surface area (Å²) in [6, 6.07) is 8.48. The number of hydrogen-bond acceptors (Lipinski definition) is 5. The Labute approximate surface area is 118 Å². The lowest BCUT2D eigenvalue weighted by Gasteiger charge is -2.31. The molecule has 0 unspecified atom stereocenters. The molecule has 0 amide bonds. The van der Waals surface area contributed by atoms with Gasteiger partial charge in [0, 0.05) is 18.3 Å². The minimum absolute atomic E-state index is 0.645. The largest absolute Gasteiger partial charge is 0.326 e. The highest BCUT2D eigenvalue weighted by molar-refractivity contribution is 5.67. The first-order chi connectivity index (χ1) is 9.67. The fraction of sp³-hybridized carbons (Fsp3) is 0.333. The van der Waals surface area contributed by atoms with E-state index in [1.165, 1.54) is 16.8 Å². The van der Waals surface area contributed by atoms with Gasteiger partial charge in [0.15, 0.2) is 0 Å². The third kappa shape index (κ3) is 2.32. The maximum Gasteiger partial charge on any atom is 0.145 e. The molecule has 104 valence electrons. The molecule has 2 heterocycles. The van der Waals surface area contributed by atoms with Gasteiger partial charge in [-0.2, -0.15) is 0 Å². The molecular formula is C15H19N5. The normalized spacial score (nSPS) is 14.1. The van der Waals surface area contributed by atoms with E-state index in [0.29, 0.717) is 5.82 Å². The SMILES string of the molecule is Cc1ccc2c(c1)CCCN2c1cc(NN)nc(C)n1. The third-order valence-corrected chi connectivity index (χ3v) is 3.60. The van der Waals surface area contributed by atoms with Crippen molar-refractivity contribution >= 4 is 17.3 Å². The molecule has 0 aliphatic carbocycles. The summed E-state index contributed by atoms with van der Waals surface area (Å²) in [6.45, 7) is 4.98. The van der Waals surface area contributed by atoms with E-state index in [4.69, 9.17) is 5.84 Å². The smallest absolute Gasteiger partial charge is 0.145 e. The molecule has 3 N–H and O–H groups in total. The molecule has 5 heteroatoms. The Bertz CT molecular complexity index is 638. The molecule has 5 nitrogen and oxygen atoms in total. The summed E-state index contributed by atoms with van der Waals surface area (Å²) < 4.78 is 0. The van der Waals surface area contributed by atoms with E-state index in [0.717, 1.165) is 31.0 Å². The van der Waals surface area contributed by atoms with E-state index in [1.807, 2.05) is 13.0 Å². The zero-order chi connectivity index (χ0) is 14.1. The van der Waals surface area contributed by atoms with Crippen LogP contribution >= 0.6 is 0 Å². The van der Waals surface area contributed by atoms with E-state index >= 15 is 0 Å². The first-order valence-corrected chi connectivity index (χ1v) is 6.87. The van der Waals surface area contributed by atoms with Crippen molar-refractivity contribution < 1.29 is 0 Å². The van der Waals surface area contributed by atoms with E-state index in [1.54, 1.807) is 0 Å². The number of aromatic nitrogens is 2. The number of hydrogen-bond donors (Lipinski definition) is 2. The van der Waals surface area contributed by atoms with Crippen molar-refractivity contribution in [1.29, 1.82) is 0 Å². The lowest BCUT2D eigenvalue weighted by Crippen LogP contribution is -2.26. The van der Waals surface area contributed by atoms with E-state index < -0.39 is 0 Å². The number of aryl methyl sites for hydroxylation is 3. The quantitative estimate of drug-likeness (QED) is 0.647. The van der Waals surface area contributed by atoms with Crippen LogP contribution in [0.2, 0.25) is 0 Å². The molecule has 2 aromatic rings. The molecule has 0 saturated carbocycles. The number of nitrogens with two attached hydrogens (primary N) is 1. The monoisotopic (exact) mass is 269 g/mol. The van der Waals surface area contributed by atoms with E-state index in [-0.39, 0.29) is 0 Å². The Morgan fingerprint density at radius 2 is 2.05 bits per heavy atom. The average Bonchev–Trinajstić information content (AvgIpc) is 2.45. The Kier molecular flexibility index (Phi) is 3.28. The van der Waals surface area contributed by atoms with Crippen LogP contribution in [0.1, 0.15) is 23.4 Å². The predicted molar refractivity (Wildman–Crippen MR) is 81.1 cm³/mol. The zero-order valence-electron chi connectivity index (χ0n) is 11.8. The molecule has 1 aliphatic rings. The topological polar surface area (TPSA) is 67.1 Å². The highest BCUT2D eigenvalue weighted by atomic mass is 15.3. The van der Waals surface area contributed by atoms with Gasteiger partial charge in [-0.05, 0) is 38.3 Å². The van der Waals surface area contributed by atoms with Gasteiger partial charge in [-0.1, -0.05) is 17.7 Å². The summed E-state index contributed by atoms with van der Waals surface area (Å²) in [5.74, 6) is 7.73. The number of benzene rings is 1. The number of rotatable bonds is 2. The van der Waals surface area contributed by atoms with Gasteiger partial charge in [-0.25, -0.2) is 15.8 Å². The zero-order valence-corrected chi connectivity index (χ0v) is 11.8. The molecule has 3 rings (SSSR count). The summed E-state index contributed by atoms with van der Waals surface area (Å²) in [6.07, 6.45) is 2.25. The fourth-order valence-electron chi connectivity index (χ4n) is 2.73. The number of hydrazine groups is 1. The number of nitrogens with zero attached hydrogens (tertiary/aromatic N) is 3. The summed E-state index contributed by atoms with van der Waals surface area (Å²) >= 11 is 0. The molecule has 0 spiro atoms. The Balaban J connectivity index is 2.06. The van der Waals surface area contributed by atoms with Crippen molar-refractivity contribution in [3.05, 3.63) is 41.2 Å². The van der Waals surface area contributed by atoms with Crippen LogP contribution in [0.25, 0.3) is 0 Å². The van der Waals surface area contributed by atoms with Crippen LogP contribution in [0.4, 0.5) is 17.3 Å². The molecule has 0 saturated heterocycles. The molecule has 0 bridgehead atoms. The van der Waals surface area contributed by atoms with E-state index in [2.05, 4.69) is 45.4 Å². The number of anilines is 3. The second-order valence-electron chi connectivity index (χ2n) is 5.19. The molecule has 0 atom stereocenters. The summed E-state index contributed by atoms with van der Waals surface area (Å²) in [4.78, 5) is 11.0. The Hall–Kier alpha value is -2.14. The van der Waals surface area contributed by atoms with E-state index in [9.17, 15) is 0 Å². The highest BCUT2D eigenvalue weighted by Gasteiger charge is 2.20. The fourth-order valence-corrected chi connectivity index (χ4v) is 2.73. The summed E-state index contributed by atoms with van der Waals surface area (Å²) in [7, 11) is 0. The first kappa shape index (κ1) is 12.9. The van der Waals surface area contributed by atoms with Crippen molar-refractivity contribution in [3.63, 3.8) is 0 Å². The van der Waals surface area contributed by atoms with Gasteiger partial charge in [0.05, 0.1) is 0 Å². The van der Waals surface area contributed by atoms with Crippen molar-refractivity contribution in [2.24, 2.45) is 5.84 Å². The minimum Gasteiger partial charge on any atom is -0.326 e. The van der Waals surface area contributed by atoms with Gasteiger partial charge in [0.25, 0.3) is 0 Å². The van der Waals surface area contributed by atoms with Crippen LogP contribution < -0.4 is 16.2 Å². The highest BCUT2D eigenvalue weighted by Crippen LogP contribution is 2.33. The second kappa shape index (κ2) is 5.09. The van der Waals surface area contributed by atoms with Crippen LogP contribution in [0, 0.1) is 13.8 Å². The van der Waals surface area contributed by atoms with Crippen molar-refractivity contribution in [1.82, 2.24) is 9.97 Å². The average molecular weight is 269 g/mol. The predicted octanol–water partition coefficient (Wildman–Crippen LogP) is 2.46. The Morgan fingerprint density at radius 1 is 1.20 bits per heavy atom. The first-order valence-electron chi connectivity index (χ1n) is 6.87. The molecule has 0 fully saturated rings. The van der Waals surface area contributed by atoms with Gasteiger partial charge in [-0.15, -0.1) is 0 Å². The van der Waals surface area contributed by atoms with Crippen LogP contribution in [-0.2, 0) is 6.42 Å². The van der Waals surface area contributed by atoms with Gasteiger partial charge in [0.2, 0.25) is 0 Å². The van der Waals surface area contributed by atoms with Gasteiger partial charge in [0.1, 0.15) is 17.5 Å².